The Morgan fingerprint density at radius 1 is 1.16 bits per heavy atom. The van der Waals surface area contributed by atoms with Gasteiger partial charge in [0.2, 0.25) is 0 Å². The average molecular weight is 471 g/mol. The molecule has 3 N–H and O–H groups in total. The van der Waals surface area contributed by atoms with Crippen molar-refractivity contribution in [3.05, 3.63) is 22.8 Å². The number of carboxylic acids is 1. The highest BCUT2D eigenvalue weighted by Crippen LogP contribution is 2.42. The highest BCUT2D eigenvalue weighted by molar-refractivity contribution is 8.03. The SMILES string of the molecule is CCCCC(C)(C)[C@@H](O)/C=C/[C@@H]1C(SCCCCCC(=O)O)=C(OC(=O)CCC)C[C@H]1O. The highest BCUT2D eigenvalue weighted by atomic mass is 32.2. The van der Waals surface area contributed by atoms with E-state index in [1.807, 2.05) is 26.8 Å². The van der Waals surface area contributed by atoms with Crippen LogP contribution in [0.5, 0.6) is 0 Å². The molecule has 7 heteroatoms. The Bertz CT molecular complexity index is 655. The summed E-state index contributed by atoms with van der Waals surface area (Å²) in [6.45, 7) is 8.14. The number of hydrogen-bond acceptors (Lipinski definition) is 6. The van der Waals surface area contributed by atoms with E-state index in [1.54, 1.807) is 17.8 Å². The van der Waals surface area contributed by atoms with Crippen molar-refractivity contribution in [2.75, 3.05) is 5.75 Å². The Labute approximate surface area is 197 Å². The topological polar surface area (TPSA) is 104 Å². The summed E-state index contributed by atoms with van der Waals surface area (Å²) in [5.41, 5.74) is -0.256. The van der Waals surface area contributed by atoms with Crippen LogP contribution in [0.1, 0.15) is 91.9 Å². The molecular weight excluding hydrogens is 428 g/mol. The van der Waals surface area contributed by atoms with Gasteiger partial charge in [-0.3, -0.25) is 9.59 Å². The molecule has 0 aliphatic heterocycles. The van der Waals surface area contributed by atoms with Gasteiger partial charge in [-0.2, -0.15) is 0 Å². The molecule has 0 amide bonds. The van der Waals surface area contributed by atoms with Crippen LogP contribution in [0.3, 0.4) is 0 Å². The fourth-order valence-electron chi connectivity index (χ4n) is 3.66. The molecule has 0 spiro atoms. The maximum Gasteiger partial charge on any atom is 0.310 e. The van der Waals surface area contributed by atoms with Crippen molar-refractivity contribution in [2.45, 2.75) is 104 Å². The maximum atomic E-state index is 12.1. The van der Waals surface area contributed by atoms with Crippen LogP contribution in [0.4, 0.5) is 0 Å². The lowest BCUT2D eigenvalue weighted by Crippen LogP contribution is -2.28. The molecule has 1 rings (SSSR count). The third kappa shape index (κ3) is 10.1. The van der Waals surface area contributed by atoms with Gasteiger partial charge in [0.25, 0.3) is 0 Å². The molecule has 0 unspecified atom stereocenters. The molecule has 32 heavy (non-hydrogen) atoms. The molecule has 0 aromatic heterocycles. The zero-order chi connectivity index (χ0) is 24.1. The van der Waals surface area contributed by atoms with Crippen LogP contribution in [-0.2, 0) is 14.3 Å². The standard InChI is InChI=1S/C25H42O6S/c1-5-7-15-25(3,4)21(27)14-13-18-19(26)17-20(31-23(30)11-6-2)24(18)32-16-10-8-9-12-22(28)29/h13-14,18-19,21,26-27H,5-12,15-17H2,1-4H3,(H,28,29)/b14-13+/t18-,19+,21-/m0/s1. The number of carbonyl (C=O) groups is 2. The average Bonchev–Trinajstić information content (AvgIpc) is 3.00. The molecule has 0 aromatic rings. The normalized spacial score (nSPS) is 20.2. The first-order valence-electron chi connectivity index (χ1n) is 11.9. The fraction of sp³-hybridized carbons (Fsp3) is 0.760. The molecule has 0 saturated heterocycles. The quantitative estimate of drug-likeness (QED) is 0.157. The van der Waals surface area contributed by atoms with E-state index in [9.17, 15) is 19.8 Å². The molecule has 0 aromatic carbocycles. The monoisotopic (exact) mass is 470 g/mol. The molecule has 0 saturated carbocycles. The predicted molar refractivity (Wildman–Crippen MR) is 129 cm³/mol. The summed E-state index contributed by atoms with van der Waals surface area (Å²) in [5, 5.41) is 30.2. The van der Waals surface area contributed by atoms with Gasteiger partial charge in [-0.15, -0.1) is 11.8 Å². The number of thioether (sulfide) groups is 1. The van der Waals surface area contributed by atoms with Crippen molar-refractivity contribution in [2.24, 2.45) is 11.3 Å². The first-order valence-corrected chi connectivity index (χ1v) is 12.9. The van der Waals surface area contributed by atoms with Crippen LogP contribution in [0.2, 0.25) is 0 Å². The fourth-order valence-corrected chi connectivity index (χ4v) is 4.94. The van der Waals surface area contributed by atoms with Gasteiger partial charge in [-0.05, 0) is 36.9 Å². The number of hydrogen-bond donors (Lipinski definition) is 3. The van der Waals surface area contributed by atoms with E-state index in [4.69, 9.17) is 9.84 Å². The van der Waals surface area contributed by atoms with Gasteiger partial charge >= 0.3 is 11.9 Å². The maximum absolute atomic E-state index is 12.1. The molecule has 0 radical (unpaired) electrons. The first-order chi connectivity index (χ1) is 15.1. The molecule has 0 bridgehead atoms. The van der Waals surface area contributed by atoms with Crippen LogP contribution >= 0.6 is 11.8 Å². The summed E-state index contributed by atoms with van der Waals surface area (Å²) >= 11 is 1.56. The Morgan fingerprint density at radius 3 is 2.50 bits per heavy atom. The van der Waals surface area contributed by atoms with Crippen molar-refractivity contribution in [3.63, 3.8) is 0 Å². The largest absolute Gasteiger partial charge is 0.481 e. The number of esters is 1. The van der Waals surface area contributed by atoms with E-state index >= 15 is 0 Å². The zero-order valence-corrected chi connectivity index (χ0v) is 21.0. The molecule has 0 fully saturated rings. The molecule has 184 valence electrons. The number of rotatable bonds is 16. The Kier molecular flexibility index (Phi) is 13.2. The first kappa shape index (κ1) is 28.7. The number of aliphatic hydroxyl groups is 2. The third-order valence-electron chi connectivity index (χ3n) is 5.85. The Hall–Kier alpha value is -1.31. The van der Waals surface area contributed by atoms with Crippen molar-refractivity contribution in [1.29, 1.82) is 0 Å². The molecule has 6 nitrogen and oxygen atoms in total. The van der Waals surface area contributed by atoms with Crippen LogP contribution in [0.15, 0.2) is 22.8 Å². The number of ether oxygens (including phenoxy) is 1. The van der Waals surface area contributed by atoms with Crippen molar-refractivity contribution in [3.8, 4) is 0 Å². The molecule has 0 heterocycles. The number of aliphatic hydroxyl groups excluding tert-OH is 2. The Balaban J connectivity index is 2.88. The lowest BCUT2D eigenvalue weighted by Gasteiger charge is -2.29. The second-order valence-electron chi connectivity index (χ2n) is 9.28. The number of carbonyl (C=O) groups excluding carboxylic acids is 1. The van der Waals surface area contributed by atoms with Gasteiger partial charge in [0, 0.05) is 30.1 Å². The van der Waals surface area contributed by atoms with E-state index in [1.165, 1.54) is 0 Å². The van der Waals surface area contributed by atoms with Crippen LogP contribution in [0.25, 0.3) is 0 Å². The summed E-state index contributed by atoms with van der Waals surface area (Å²) < 4.78 is 5.59. The van der Waals surface area contributed by atoms with Gasteiger partial charge in [0.1, 0.15) is 5.76 Å². The number of unbranched alkanes of at least 4 members (excludes halogenated alkanes) is 3. The minimum Gasteiger partial charge on any atom is -0.481 e. The Morgan fingerprint density at radius 2 is 1.88 bits per heavy atom. The van der Waals surface area contributed by atoms with E-state index < -0.39 is 18.2 Å². The molecule has 1 aliphatic rings. The predicted octanol–water partition coefficient (Wildman–Crippen LogP) is 5.43. The van der Waals surface area contributed by atoms with Crippen LogP contribution in [-0.4, -0.2) is 45.2 Å². The van der Waals surface area contributed by atoms with Crippen LogP contribution < -0.4 is 0 Å². The summed E-state index contributed by atoms with van der Waals surface area (Å²) in [6, 6.07) is 0. The number of carboxylic acid groups (broad SMARTS) is 1. The van der Waals surface area contributed by atoms with Crippen molar-refractivity contribution in [1.82, 2.24) is 0 Å². The molecule has 1 aliphatic carbocycles. The summed E-state index contributed by atoms with van der Waals surface area (Å²) in [5.74, 6) is -0.110. The van der Waals surface area contributed by atoms with Crippen molar-refractivity contribution >= 4 is 23.7 Å². The lowest BCUT2D eigenvalue weighted by atomic mass is 9.81. The van der Waals surface area contributed by atoms with E-state index in [-0.39, 0.29) is 30.1 Å². The molecular formula is C25H42O6S. The minimum atomic E-state index is -0.782. The summed E-state index contributed by atoms with van der Waals surface area (Å²) in [6.07, 6.45) is 9.10. The van der Waals surface area contributed by atoms with E-state index in [0.29, 0.717) is 25.0 Å². The summed E-state index contributed by atoms with van der Waals surface area (Å²) in [4.78, 5) is 23.6. The van der Waals surface area contributed by atoms with Gasteiger partial charge < -0.3 is 20.1 Å². The van der Waals surface area contributed by atoms with Gasteiger partial charge in [-0.25, -0.2) is 0 Å². The second kappa shape index (κ2) is 14.8. The second-order valence-corrected chi connectivity index (χ2v) is 10.4. The zero-order valence-electron chi connectivity index (χ0n) is 20.1. The van der Waals surface area contributed by atoms with Gasteiger partial charge in [-0.1, -0.05) is 59.1 Å². The van der Waals surface area contributed by atoms with Gasteiger partial charge in [0.05, 0.1) is 12.2 Å². The highest BCUT2D eigenvalue weighted by Gasteiger charge is 2.35. The number of aliphatic carboxylic acids is 1. The van der Waals surface area contributed by atoms with Crippen molar-refractivity contribution < 1.29 is 29.6 Å². The van der Waals surface area contributed by atoms with E-state index in [0.717, 1.165) is 42.8 Å². The lowest BCUT2D eigenvalue weighted by molar-refractivity contribution is -0.140. The third-order valence-corrected chi connectivity index (χ3v) is 7.15. The molecule has 3 atom stereocenters. The van der Waals surface area contributed by atoms with E-state index in [2.05, 4.69) is 6.92 Å². The summed E-state index contributed by atoms with van der Waals surface area (Å²) in [7, 11) is 0. The van der Waals surface area contributed by atoms with Crippen LogP contribution in [0, 0.1) is 11.3 Å². The van der Waals surface area contributed by atoms with Gasteiger partial charge in [0.15, 0.2) is 0 Å². The minimum absolute atomic E-state index is 0.170. The smallest absolute Gasteiger partial charge is 0.310 e.